The molecule has 0 radical (unpaired) electrons. The Balaban J connectivity index is 1.23. The van der Waals surface area contributed by atoms with Gasteiger partial charge in [0.2, 0.25) is 5.95 Å². The molecule has 4 heterocycles. The molecule has 4 rings (SSSR count). The normalized spacial score (nSPS) is 15.6. The topological polar surface area (TPSA) is 71.8 Å². The molecule has 3 aromatic rings. The molecular weight excluding hydrogens is 350 g/mol. The molecule has 1 saturated heterocycles. The summed E-state index contributed by atoms with van der Waals surface area (Å²) in [6.45, 7) is 3.36. The zero-order valence-electron chi connectivity index (χ0n) is 16.3. The van der Waals surface area contributed by atoms with Crippen LogP contribution in [0.3, 0.4) is 0 Å². The highest BCUT2D eigenvalue weighted by Crippen LogP contribution is 2.24. The lowest BCUT2D eigenvalue weighted by atomic mass is 9.90. The van der Waals surface area contributed by atoms with Crippen LogP contribution in [0.2, 0.25) is 0 Å². The Bertz CT molecular complexity index is 869. The van der Waals surface area contributed by atoms with Crippen molar-refractivity contribution in [2.45, 2.75) is 32.2 Å². The summed E-state index contributed by atoms with van der Waals surface area (Å²) in [6.07, 6.45) is 14.2. The largest absolute Gasteiger partial charge is 0.309 e. The Morgan fingerprint density at radius 2 is 1.89 bits per heavy atom. The minimum absolute atomic E-state index is 0.577. The van der Waals surface area contributed by atoms with Gasteiger partial charge in [0.1, 0.15) is 5.82 Å². The van der Waals surface area contributed by atoms with Crippen LogP contribution in [-0.4, -0.2) is 42.7 Å². The first kappa shape index (κ1) is 18.6. The Hall–Kier alpha value is -2.80. The van der Waals surface area contributed by atoms with Crippen molar-refractivity contribution >= 4 is 11.8 Å². The summed E-state index contributed by atoms with van der Waals surface area (Å²) in [5.74, 6) is 2.18. The smallest absolute Gasteiger partial charge is 0.228 e. The SMILES string of the molecule is Cn1cc(CN2CCC(CCc3ccnc(Nc4ncccn4)c3)CC2)cn1. The second-order valence-corrected chi connectivity index (χ2v) is 7.53. The Morgan fingerprint density at radius 1 is 1.07 bits per heavy atom. The molecular formula is C21H27N7. The van der Waals surface area contributed by atoms with E-state index in [2.05, 4.69) is 48.6 Å². The van der Waals surface area contributed by atoms with Gasteiger partial charge in [0.05, 0.1) is 6.20 Å². The van der Waals surface area contributed by atoms with Gasteiger partial charge in [0.15, 0.2) is 0 Å². The van der Waals surface area contributed by atoms with Gasteiger partial charge in [-0.3, -0.25) is 9.58 Å². The molecule has 0 aromatic carbocycles. The minimum atomic E-state index is 0.577. The van der Waals surface area contributed by atoms with Crippen LogP contribution in [0.1, 0.15) is 30.4 Å². The lowest BCUT2D eigenvalue weighted by Crippen LogP contribution is -2.33. The maximum atomic E-state index is 4.38. The van der Waals surface area contributed by atoms with E-state index in [4.69, 9.17) is 0 Å². The Kier molecular flexibility index (Phi) is 5.92. The van der Waals surface area contributed by atoms with Crippen molar-refractivity contribution in [3.8, 4) is 0 Å². The molecule has 146 valence electrons. The molecule has 7 heteroatoms. The average molecular weight is 377 g/mol. The average Bonchev–Trinajstić information content (AvgIpc) is 3.13. The van der Waals surface area contributed by atoms with Crippen molar-refractivity contribution in [2.75, 3.05) is 18.4 Å². The predicted octanol–water partition coefficient (Wildman–Crippen LogP) is 3.19. The second-order valence-electron chi connectivity index (χ2n) is 7.53. The third-order valence-electron chi connectivity index (χ3n) is 5.34. The number of rotatable bonds is 7. The number of likely N-dealkylation sites (tertiary alicyclic amines) is 1. The van der Waals surface area contributed by atoms with E-state index in [1.165, 1.54) is 43.5 Å². The first-order valence-electron chi connectivity index (χ1n) is 9.93. The van der Waals surface area contributed by atoms with E-state index in [0.717, 1.165) is 24.7 Å². The summed E-state index contributed by atoms with van der Waals surface area (Å²) in [7, 11) is 1.97. The van der Waals surface area contributed by atoms with Crippen LogP contribution in [0.4, 0.5) is 11.8 Å². The van der Waals surface area contributed by atoms with Crippen molar-refractivity contribution in [1.29, 1.82) is 0 Å². The van der Waals surface area contributed by atoms with Crippen LogP contribution >= 0.6 is 0 Å². The van der Waals surface area contributed by atoms with E-state index in [0.29, 0.717) is 5.95 Å². The third kappa shape index (κ3) is 5.13. The van der Waals surface area contributed by atoms with Gasteiger partial charge in [-0.1, -0.05) is 0 Å². The molecule has 0 bridgehead atoms. The van der Waals surface area contributed by atoms with Gasteiger partial charge in [-0.15, -0.1) is 0 Å². The number of pyridine rings is 1. The van der Waals surface area contributed by atoms with Crippen molar-refractivity contribution in [3.63, 3.8) is 0 Å². The number of aromatic nitrogens is 5. The zero-order valence-corrected chi connectivity index (χ0v) is 16.3. The number of nitrogens with one attached hydrogen (secondary N) is 1. The van der Waals surface area contributed by atoms with E-state index >= 15 is 0 Å². The van der Waals surface area contributed by atoms with Gasteiger partial charge in [-0.2, -0.15) is 5.10 Å². The van der Waals surface area contributed by atoms with Gasteiger partial charge in [0.25, 0.3) is 0 Å². The standard InChI is InChI=1S/C21H27N7/c1-27-15-19(14-25-27)16-28-11-6-17(7-12-28)3-4-18-5-10-22-20(13-18)26-21-23-8-2-9-24-21/h2,5,8-10,13-15,17H,3-4,6-7,11-12,16H2,1H3,(H,22,23,24,26). The summed E-state index contributed by atoms with van der Waals surface area (Å²) >= 11 is 0. The van der Waals surface area contributed by atoms with Gasteiger partial charge < -0.3 is 5.32 Å². The van der Waals surface area contributed by atoms with E-state index in [-0.39, 0.29) is 0 Å². The first-order valence-corrected chi connectivity index (χ1v) is 9.93. The maximum Gasteiger partial charge on any atom is 0.228 e. The van der Waals surface area contributed by atoms with Crippen LogP contribution in [0.5, 0.6) is 0 Å². The van der Waals surface area contributed by atoms with Crippen LogP contribution in [-0.2, 0) is 20.0 Å². The fourth-order valence-electron chi connectivity index (χ4n) is 3.79. The van der Waals surface area contributed by atoms with E-state index in [9.17, 15) is 0 Å². The molecule has 0 aliphatic carbocycles. The summed E-state index contributed by atoms with van der Waals surface area (Å²) in [4.78, 5) is 15.3. The number of hydrogen-bond donors (Lipinski definition) is 1. The van der Waals surface area contributed by atoms with Crippen LogP contribution in [0.15, 0.2) is 49.2 Å². The highest BCUT2D eigenvalue weighted by molar-refractivity contribution is 5.48. The predicted molar refractivity (Wildman–Crippen MR) is 109 cm³/mol. The quantitative estimate of drug-likeness (QED) is 0.682. The van der Waals surface area contributed by atoms with Gasteiger partial charge in [0, 0.05) is 43.9 Å². The van der Waals surface area contributed by atoms with Crippen molar-refractivity contribution < 1.29 is 0 Å². The van der Waals surface area contributed by atoms with Gasteiger partial charge in [-0.05, 0) is 68.5 Å². The lowest BCUT2D eigenvalue weighted by Gasteiger charge is -2.31. The Labute approximate surface area is 165 Å². The molecule has 1 fully saturated rings. The maximum absolute atomic E-state index is 4.38. The molecule has 0 spiro atoms. The summed E-state index contributed by atoms with van der Waals surface area (Å²) < 4.78 is 1.88. The zero-order chi connectivity index (χ0) is 19.2. The van der Waals surface area contributed by atoms with Crippen molar-refractivity contribution in [1.82, 2.24) is 29.6 Å². The number of nitrogens with zero attached hydrogens (tertiary/aromatic N) is 6. The number of aryl methyl sites for hydroxylation is 2. The van der Waals surface area contributed by atoms with Crippen LogP contribution in [0, 0.1) is 5.92 Å². The highest BCUT2D eigenvalue weighted by atomic mass is 15.2. The summed E-state index contributed by atoms with van der Waals surface area (Å²) in [5.41, 5.74) is 2.62. The number of anilines is 2. The van der Waals surface area contributed by atoms with Crippen molar-refractivity contribution in [2.24, 2.45) is 13.0 Å². The monoisotopic (exact) mass is 377 g/mol. The van der Waals surface area contributed by atoms with E-state index in [1.54, 1.807) is 18.5 Å². The number of hydrogen-bond acceptors (Lipinski definition) is 6. The van der Waals surface area contributed by atoms with Gasteiger partial charge in [-0.25, -0.2) is 15.0 Å². The van der Waals surface area contributed by atoms with Crippen LogP contribution in [0.25, 0.3) is 0 Å². The minimum Gasteiger partial charge on any atom is -0.309 e. The second kappa shape index (κ2) is 8.93. The molecule has 7 nitrogen and oxygen atoms in total. The van der Waals surface area contributed by atoms with E-state index < -0.39 is 0 Å². The van der Waals surface area contributed by atoms with Crippen molar-refractivity contribution in [3.05, 3.63) is 60.3 Å². The first-order chi connectivity index (χ1) is 13.7. The molecule has 0 atom stereocenters. The molecule has 28 heavy (non-hydrogen) atoms. The Morgan fingerprint density at radius 3 is 2.64 bits per heavy atom. The molecule has 1 aliphatic heterocycles. The molecule has 1 N–H and O–H groups in total. The van der Waals surface area contributed by atoms with Crippen LogP contribution < -0.4 is 5.32 Å². The third-order valence-corrected chi connectivity index (χ3v) is 5.34. The highest BCUT2D eigenvalue weighted by Gasteiger charge is 2.19. The summed E-state index contributed by atoms with van der Waals surface area (Å²) in [5, 5.41) is 7.43. The molecule has 0 amide bonds. The molecule has 3 aromatic heterocycles. The fourth-order valence-corrected chi connectivity index (χ4v) is 3.79. The number of piperidine rings is 1. The molecule has 0 unspecified atom stereocenters. The lowest BCUT2D eigenvalue weighted by molar-refractivity contribution is 0.172. The van der Waals surface area contributed by atoms with E-state index in [1.807, 2.05) is 24.1 Å². The molecule has 1 aliphatic rings. The fraction of sp³-hybridized carbons (Fsp3) is 0.429. The van der Waals surface area contributed by atoms with Gasteiger partial charge >= 0.3 is 0 Å². The molecule has 0 saturated carbocycles. The summed E-state index contributed by atoms with van der Waals surface area (Å²) in [6, 6.07) is 6.01.